The first-order valence-electron chi connectivity index (χ1n) is 18.4. The lowest BCUT2D eigenvalue weighted by molar-refractivity contribution is 1.51. The first-order valence-corrected chi connectivity index (χ1v) is 18.4. The number of terminal acetylenes is 4. The second-order valence-corrected chi connectivity index (χ2v) is 13.8. The fourth-order valence-corrected chi connectivity index (χ4v) is 8.24. The van der Waals surface area contributed by atoms with Crippen LogP contribution in [0.15, 0.2) is 170 Å². The highest BCUT2D eigenvalue weighted by atomic mass is 14.2. The van der Waals surface area contributed by atoms with Gasteiger partial charge in [0.1, 0.15) is 0 Å². The zero-order valence-electron chi connectivity index (χ0n) is 30.5. The van der Waals surface area contributed by atoms with Gasteiger partial charge in [0.2, 0.25) is 0 Å². The third-order valence-corrected chi connectivity index (χ3v) is 10.8. The van der Waals surface area contributed by atoms with Crippen molar-refractivity contribution in [1.82, 2.24) is 0 Å². The van der Waals surface area contributed by atoms with Gasteiger partial charge in [0.25, 0.3) is 0 Å². The second kappa shape index (κ2) is 14.1. The van der Waals surface area contributed by atoms with Crippen molar-refractivity contribution in [3.63, 3.8) is 0 Å². The van der Waals surface area contributed by atoms with Gasteiger partial charge in [0.05, 0.1) is 0 Å². The Bertz CT molecular complexity index is 3180. The van der Waals surface area contributed by atoms with E-state index >= 15 is 0 Å². The summed E-state index contributed by atoms with van der Waals surface area (Å²) in [6, 6.07) is 59.7. The van der Waals surface area contributed by atoms with Crippen molar-refractivity contribution < 1.29 is 0 Å². The average Bonchev–Trinajstić information content (AvgIpc) is 3.27. The molecule has 0 fully saturated rings. The Morgan fingerprint density at radius 3 is 1.32 bits per heavy atom. The summed E-state index contributed by atoms with van der Waals surface area (Å²) in [5.74, 6) is 11.3. The maximum atomic E-state index is 6.15. The lowest BCUT2D eigenvalue weighted by Gasteiger charge is -2.19. The quantitative estimate of drug-likeness (QED) is 0.124. The van der Waals surface area contributed by atoms with Crippen LogP contribution in [0.4, 0.5) is 0 Å². The summed E-state index contributed by atoms with van der Waals surface area (Å²) in [6.07, 6.45) is 24.1. The molecule has 0 saturated carbocycles. The number of hydrogen-bond acceptors (Lipinski definition) is 0. The van der Waals surface area contributed by atoms with Crippen LogP contribution >= 0.6 is 0 Å². The minimum Gasteiger partial charge on any atom is -0.115 e. The molecule has 0 spiro atoms. The van der Waals surface area contributed by atoms with Crippen molar-refractivity contribution >= 4 is 32.3 Å². The molecular weight excluding hydrogens is 673 g/mol. The number of benzene rings is 9. The summed E-state index contributed by atoms with van der Waals surface area (Å²) in [7, 11) is 0. The zero-order valence-corrected chi connectivity index (χ0v) is 30.5. The highest BCUT2D eigenvalue weighted by Gasteiger charge is 2.20. The summed E-state index contributed by atoms with van der Waals surface area (Å²) >= 11 is 0. The van der Waals surface area contributed by atoms with Gasteiger partial charge >= 0.3 is 0 Å². The number of hydrogen-bond donors (Lipinski definition) is 0. The Morgan fingerprint density at radius 2 is 0.750 bits per heavy atom. The number of rotatable bonds is 5. The molecule has 256 valence electrons. The predicted octanol–water partition coefficient (Wildman–Crippen LogP) is 13.4. The predicted molar refractivity (Wildman–Crippen MR) is 238 cm³/mol. The number of fused-ring (bicyclic) bond motifs is 3. The van der Waals surface area contributed by atoms with E-state index in [0.717, 1.165) is 38.9 Å². The van der Waals surface area contributed by atoms with Crippen LogP contribution in [-0.4, -0.2) is 0 Å². The summed E-state index contributed by atoms with van der Waals surface area (Å²) < 4.78 is 0. The molecule has 0 N–H and O–H groups in total. The van der Waals surface area contributed by atoms with Crippen LogP contribution in [0.2, 0.25) is 0 Å². The molecule has 0 nitrogen and oxygen atoms in total. The Labute approximate surface area is 328 Å². The van der Waals surface area contributed by atoms with Crippen LogP contribution < -0.4 is 0 Å². The molecule has 9 aromatic carbocycles. The fourth-order valence-electron chi connectivity index (χ4n) is 8.24. The molecule has 0 unspecified atom stereocenters. The minimum atomic E-state index is 0.655. The van der Waals surface area contributed by atoms with Crippen molar-refractivity contribution in [1.29, 1.82) is 0 Å². The molecule has 0 aliphatic rings. The summed E-state index contributed by atoms with van der Waals surface area (Å²) in [6.45, 7) is 0. The van der Waals surface area contributed by atoms with Crippen LogP contribution in [0.3, 0.4) is 0 Å². The van der Waals surface area contributed by atoms with Gasteiger partial charge < -0.3 is 0 Å². The van der Waals surface area contributed by atoms with E-state index in [1.165, 1.54) is 49.0 Å². The smallest absolute Gasteiger partial charge is 0.0477 e. The maximum absolute atomic E-state index is 6.15. The molecule has 0 saturated heterocycles. The standard InChI is InChI=1S/C56H32/c1-5-37-20-16-28-47(45(37)7-3)49-33-32-42(36-54(49)48-29-17-21-38(6-2)46(48)8-4)41-22-15-23-43(35-41)55-50-24-11-13-26-52(50)56(53-27-14-12-25-51(53)55)44-31-30-39-18-9-10-19-40(39)34-44/h1-4,9-36H. The lowest BCUT2D eigenvalue weighted by Crippen LogP contribution is -1.96. The summed E-state index contributed by atoms with van der Waals surface area (Å²) in [5.41, 5.74) is 13.0. The van der Waals surface area contributed by atoms with E-state index < -0.39 is 0 Å². The van der Waals surface area contributed by atoms with Crippen LogP contribution in [0.5, 0.6) is 0 Å². The highest BCUT2D eigenvalue weighted by Crippen LogP contribution is 2.45. The van der Waals surface area contributed by atoms with Gasteiger partial charge in [0.15, 0.2) is 0 Å². The van der Waals surface area contributed by atoms with Gasteiger partial charge in [-0.15, -0.1) is 25.7 Å². The Kier molecular flexibility index (Phi) is 8.51. The largest absolute Gasteiger partial charge is 0.115 e. The molecule has 0 radical (unpaired) electrons. The normalized spacial score (nSPS) is 10.8. The molecule has 0 bridgehead atoms. The van der Waals surface area contributed by atoms with E-state index in [1.807, 2.05) is 36.4 Å². The maximum Gasteiger partial charge on any atom is 0.0477 e. The van der Waals surface area contributed by atoms with Gasteiger partial charge in [-0.2, -0.15) is 0 Å². The Balaban J connectivity index is 1.27. The molecule has 0 aromatic heterocycles. The van der Waals surface area contributed by atoms with Crippen LogP contribution in [-0.2, 0) is 0 Å². The van der Waals surface area contributed by atoms with Gasteiger partial charge in [0, 0.05) is 22.3 Å². The third-order valence-electron chi connectivity index (χ3n) is 10.8. The third kappa shape index (κ3) is 5.60. The van der Waals surface area contributed by atoms with Crippen molar-refractivity contribution in [2.45, 2.75) is 0 Å². The molecule has 0 aliphatic carbocycles. The lowest BCUT2D eigenvalue weighted by atomic mass is 9.84. The second-order valence-electron chi connectivity index (χ2n) is 13.8. The topological polar surface area (TPSA) is 0 Å². The molecule has 0 heterocycles. The molecule has 0 amide bonds. The van der Waals surface area contributed by atoms with Crippen LogP contribution in [0.25, 0.3) is 88.0 Å². The fraction of sp³-hybridized carbons (Fsp3) is 0. The SMILES string of the molecule is C#Cc1cccc(-c2ccc(-c3cccc(-c4c5ccccc5c(-c5ccc6ccccc6c5)c5ccccc45)c3)cc2-c2cccc(C#C)c2C#C)c1C#C. The van der Waals surface area contributed by atoms with E-state index in [2.05, 4.69) is 157 Å². The Hall–Kier alpha value is -8.00. The minimum absolute atomic E-state index is 0.655. The molecule has 0 atom stereocenters. The monoisotopic (exact) mass is 704 g/mol. The van der Waals surface area contributed by atoms with E-state index in [4.69, 9.17) is 25.7 Å². The summed E-state index contributed by atoms with van der Waals surface area (Å²) in [5, 5.41) is 7.26. The van der Waals surface area contributed by atoms with Crippen molar-refractivity contribution in [3.05, 3.63) is 192 Å². The first kappa shape index (κ1) is 33.8. The van der Waals surface area contributed by atoms with E-state index in [0.29, 0.717) is 22.3 Å². The van der Waals surface area contributed by atoms with Crippen LogP contribution in [0.1, 0.15) is 22.3 Å². The first-order chi connectivity index (χ1) is 27.6. The van der Waals surface area contributed by atoms with E-state index in [9.17, 15) is 0 Å². The highest BCUT2D eigenvalue weighted by molar-refractivity contribution is 6.21. The van der Waals surface area contributed by atoms with Gasteiger partial charge in [-0.05, 0) is 118 Å². The molecule has 0 heteroatoms. The Morgan fingerprint density at radius 1 is 0.286 bits per heavy atom. The van der Waals surface area contributed by atoms with Crippen LogP contribution in [0, 0.1) is 49.4 Å². The van der Waals surface area contributed by atoms with Crippen molar-refractivity contribution in [2.24, 2.45) is 0 Å². The molecule has 9 aromatic rings. The molecule has 9 rings (SSSR count). The zero-order chi connectivity index (χ0) is 38.2. The average molecular weight is 705 g/mol. The van der Waals surface area contributed by atoms with Crippen molar-refractivity contribution in [2.75, 3.05) is 0 Å². The van der Waals surface area contributed by atoms with E-state index in [-0.39, 0.29) is 0 Å². The van der Waals surface area contributed by atoms with Gasteiger partial charge in [-0.1, -0.05) is 163 Å². The molecular formula is C56H32. The van der Waals surface area contributed by atoms with E-state index in [1.54, 1.807) is 0 Å². The molecule has 0 aliphatic heterocycles. The molecule has 56 heavy (non-hydrogen) atoms. The van der Waals surface area contributed by atoms with Gasteiger partial charge in [-0.25, -0.2) is 0 Å². The summed E-state index contributed by atoms with van der Waals surface area (Å²) in [4.78, 5) is 0. The van der Waals surface area contributed by atoms with Gasteiger partial charge in [-0.3, -0.25) is 0 Å². The van der Waals surface area contributed by atoms with Crippen molar-refractivity contribution in [3.8, 4) is 105 Å².